The molecule has 7 heteroatoms. The molecule has 0 bridgehead atoms. The first-order chi connectivity index (χ1) is 13.5. The summed E-state index contributed by atoms with van der Waals surface area (Å²) in [6, 6.07) is 14.2. The standard InChI is InChI=1S/C21H21ClN4OS/c1-13-9-14(2)11-15(10-13)23-21(28)26(16-7-8-16)12-19-24-25-20(27-19)17-5-3-4-6-18(17)22/h3-6,9-11,16H,7-8,12H2,1-2H3,(H,23,28). The van der Waals surface area contributed by atoms with E-state index in [0.717, 1.165) is 24.1 Å². The van der Waals surface area contributed by atoms with Gasteiger partial charge in [-0.25, -0.2) is 0 Å². The molecule has 0 unspecified atom stereocenters. The topological polar surface area (TPSA) is 54.2 Å². The number of thiocarbonyl (C=S) groups is 1. The van der Waals surface area contributed by atoms with E-state index in [-0.39, 0.29) is 0 Å². The molecule has 28 heavy (non-hydrogen) atoms. The van der Waals surface area contributed by atoms with Gasteiger partial charge in [-0.3, -0.25) is 0 Å². The van der Waals surface area contributed by atoms with Crippen LogP contribution < -0.4 is 5.32 Å². The van der Waals surface area contributed by atoms with Crippen LogP contribution in [0.2, 0.25) is 5.02 Å². The van der Waals surface area contributed by atoms with Crippen molar-refractivity contribution in [3.63, 3.8) is 0 Å². The average molecular weight is 413 g/mol. The van der Waals surface area contributed by atoms with Crippen LogP contribution in [0.1, 0.15) is 29.9 Å². The predicted octanol–water partition coefficient (Wildman–Crippen LogP) is 5.37. The summed E-state index contributed by atoms with van der Waals surface area (Å²) in [4.78, 5) is 2.12. The third-order valence-electron chi connectivity index (χ3n) is 4.60. The lowest BCUT2D eigenvalue weighted by Gasteiger charge is -2.24. The van der Waals surface area contributed by atoms with Gasteiger partial charge in [0, 0.05) is 11.7 Å². The Kier molecular flexibility index (Phi) is 5.33. The number of halogens is 1. The van der Waals surface area contributed by atoms with Gasteiger partial charge in [-0.2, -0.15) is 0 Å². The fraction of sp³-hybridized carbons (Fsp3) is 0.286. The Morgan fingerprint density at radius 2 is 1.89 bits per heavy atom. The monoisotopic (exact) mass is 412 g/mol. The van der Waals surface area contributed by atoms with E-state index >= 15 is 0 Å². The van der Waals surface area contributed by atoms with Crippen molar-refractivity contribution in [2.75, 3.05) is 5.32 Å². The zero-order valence-electron chi connectivity index (χ0n) is 15.8. The van der Waals surface area contributed by atoms with Gasteiger partial charge in [-0.05, 0) is 74.3 Å². The zero-order chi connectivity index (χ0) is 19.7. The molecule has 1 aliphatic rings. The Balaban J connectivity index is 1.50. The summed E-state index contributed by atoms with van der Waals surface area (Å²) < 4.78 is 5.86. The molecule has 5 nitrogen and oxygen atoms in total. The second-order valence-electron chi connectivity index (χ2n) is 7.15. The molecule has 1 saturated carbocycles. The Bertz CT molecular complexity index is 995. The van der Waals surface area contributed by atoms with Crippen molar-refractivity contribution in [1.82, 2.24) is 15.1 Å². The first-order valence-electron chi connectivity index (χ1n) is 9.23. The van der Waals surface area contributed by atoms with Crippen molar-refractivity contribution in [2.24, 2.45) is 0 Å². The van der Waals surface area contributed by atoms with Crippen LogP contribution in [-0.2, 0) is 6.54 Å². The Morgan fingerprint density at radius 1 is 1.18 bits per heavy atom. The van der Waals surface area contributed by atoms with Crippen molar-refractivity contribution in [1.29, 1.82) is 0 Å². The molecule has 0 spiro atoms. The van der Waals surface area contributed by atoms with Crippen LogP contribution in [-0.4, -0.2) is 26.3 Å². The third-order valence-corrected chi connectivity index (χ3v) is 5.26. The minimum Gasteiger partial charge on any atom is -0.419 e. The molecule has 0 atom stereocenters. The first kappa shape index (κ1) is 18.9. The molecule has 0 saturated heterocycles. The lowest BCUT2D eigenvalue weighted by molar-refractivity contribution is 0.351. The predicted molar refractivity (Wildman–Crippen MR) is 115 cm³/mol. The van der Waals surface area contributed by atoms with Gasteiger partial charge in [-0.15, -0.1) is 10.2 Å². The van der Waals surface area contributed by atoms with Gasteiger partial charge in [-0.1, -0.05) is 29.8 Å². The maximum absolute atomic E-state index is 6.23. The van der Waals surface area contributed by atoms with E-state index in [0.29, 0.717) is 34.5 Å². The van der Waals surface area contributed by atoms with Crippen LogP contribution in [0.4, 0.5) is 5.69 Å². The number of rotatable bonds is 5. The van der Waals surface area contributed by atoms with Gasteiger partial charge in [0.25, 0.3) is 0 Å². The van der Waals surface area contributed by atoms with Crippen molar-refractivity contribution >= 4 is 34.6 Å². The SMILES string of the molecule is Cc1cc(C)cc(NC(=S)N(Cc2nnc(-c3ccccc3Cl)o2)C2CC2)c1. The van der Waals surface area contributed by atoms with Crippen molar-refractivity contribution in [2.45, 2.75) is 39.3 Å². The van der Waals surface area contributed by atoms with Gasteiger partial charge >= 0.3 is 0 Å². The van der Waals surface area contributed by atoms with E-state index in [9.17, 15) is 0 Å². The fourth-order valence-corrected chi connectivity index (χ4v) is 3.75. The summed E-state index contributed by atoms with van der Waals surface area (Å²) in [6.45, 7) is 4.63. The molecule has 1 aliphatic carbocycles. The molecule has 4 rings (SSSR count). The van der Waals surface area contributed by atoms with Crippen molar-refractivity contribution in [3.05, 3.63) is 64.5 Å². The normalized spacial score (nSPS) is 13.4. The fourth-order valence-electron chi connectivity index (χ4n) is 3.20. The number of aryl methyl sites for hydroxylation is 2. The van der Waals surface area contributed by atoms with Crippen LogP contribution in [0.3, 0.4) is 0 Å². The van der Waals surface area contributed by atoms with Crippen LogP contribution in [0.25, 0.3) is 11.5 Å². The van der Waals surface area contributed by atoms with E-state index in [1.165, 1.54) is 11.1 Å². The highest BCUT2D eigenvalue weighted by Crippen LogP contribution is 2.31. The maximum Gasteiger partial charge on any atom is 0.249 e. The average Bonchev–Trinajstić information content (AvgIpc) is 3.37. The van der Waals surface area contributed by atoms with Crippen LogP contribution >= 0.6 is 23.8 Å². The number of anilines is 1. The number of hydrogen-bond acceptors (Lipinski definition) is 4. The molecule has 3 aromatic rings. The summed E-state index contributed by atoms with van der Waals surface area (Å²) in [5.41, 5.74) is 4.13. The molecule has 1 N–H and O–H groups in total. The lowest BCUT2D eigenvalue weighted by Crippen LogP contribution is -2.36. The highest BCUT2D eigenvalue weighted by Gasteiger charge is 2.32. The smallest absolute Gasteiger partial charge is 0.249 e. The molecule has 144 valence electrons. The molecule has 0 radical (unpaired) electrons. The quantitative estimate of drug-likeness (QED) is 0.568. The van der Waals surface area contributed by atoms with Gasteiger partial charge in [0.2, 0.25) is 11.8 Å². The first-order valence-corrected chi connectivity index (χ1v) is 10.0. The van der Waals surface area contributed by atoms with E-state index in [2.05, 4.69) is 52.5 Å². The van der Waals surface area contributed by atoms with Gasteiger partial charge < -0.3 is 14.6 Å². The summed E-state index contributed by atoms with van der Waals surface area (Å²) in [5.74, 6) is 0.941. The lowest BCUT2D eigenvalue weighted by atomic mass is 10.1. The van der Waals surface area contributed by atoms with E-state index in [4.69, 9.17) is 28.2 Å². The molecular formula is C21H21ClN4OS. The largest absolute Gasteiger partial charge is 0.419 e. The van der Waals surface area contributed by atoms with E-state index in [1.54, 1.807) is 6.07 Å². The second kappa shape index (κ2) is 7.89. The minimum absolute atomic E-state index is 0.404. The second-order valence-corrected chi connectivity index (χ2v) is 7.94. The third kappa shape index (κ3) is 4.34. The molecular weight excluding hydrogens is 392 g/mol. The number of hydrogen-bond donors (Lipinski definition) is 1. The maximum atomic E-state index is 6.23. The summed E-state index contributed by atoms with van der Waals surface area (Å²) >= 11 is 11.9. The molecule has 2 aromatic carbocycles. The number of nitrogens with zero attached hydrogens (tertiary/aromatic N) is 3. The molecule has 1 fully saturated rings. The highest BCUT2D eigenvalue weighted by atomic mass is 35.5. The Morgan fingerprint density at radius 3 is 2.57 bits per heavy atom. The van der Waals surface area contributed by atoms with E-state index < -0.39 is 0 Å². The van der Waals surface area contributed by atoms with Crippen LogP contribution in [0.15, 0.2) is 46.9 Å². The summed E-state index contributed by atoms with van der Waals surface area (Å²) in [5, 5.41) is 13.0. The Hall–Kier alpha value is -2.44. The van der Waals surface area contributed by atoms with E-state index in [1.807, 2.05) is 18.2 Å². The summed E-state index contributed by atoms with van der Waals surface area (Å²) in [7, 11) is 0. The molecule has 1 aromatic heterocycles. The molecule has 0 amide bonds. The minimum atomic E-state index is 0.404. The van der Waals surface area contributed by atoms with Crippen molar-refractivity contribution in [3.8, 4) is 11.5 Å². The number of aromatic nitrogens is 2. The van der Waals surface area contributed by atoms with Gasteiger partial charge in [0.05, 0.1) is 17.1 Å². The summed E-state index contributed by atoms with van der Waals surface area (Å²) in [6.07, 6.45) is 2.22. The van der Waals surface area contributed by atoms with Crippen LogP contribution in [0.5, 0.6) is 0 Å². The van der Waals surface area contributed by atoms with Crippen LogP contribution in [0, 0.1) is 13.8 Å². The molecule has 0 aliphatic heterocycles. The number of benzene rings is 2. The Labute approximate surface area is 174 Å². The van der Waals surface area contributed by atoms with Gasteiger partial charge in [0.15, 0.2) is 5.11 Å². The number of nitrogens with one attached hydrogen (secondary N) is 1. The van der Waals surface area contributed by atoms with Crippen molar-refractivity contribution < 1.29 is 4.42 Å². The highest BCUT2D eigenvalue weighted by molar-refractivity contribution is 7.80. The zero-order valence-corrected chi connectivity index (χ0v) is 17.3. The molecule has 1 heterocycles. The van der Waals surface area contributed by atoms with Gasteiger partial charge in [0.1, 0.15) is 0 Å².